The molecule has 2 rings (SSSR count). The summed E-state index contributed by atoms with van der Waals surface area (Å²) >= 11 is 0. The molecule has 0 aromatic carbocycles. The van der Waals surface area contributed by atoms with Gasteiger partial charge in [-0.2, -0.15) is 0 Å². The van der Waals surface area contributed by atoms with Gasteiger partial charge in [-0.1, -0.05) is 38.5 Å². The van der Waals surface area contributed by atoms with Gasteiger partial charge in [0.15, 0.2) is 0 Å². The molecule has 0 heterocycles. The molecule has 0 unspecified atom stereocenters. The van der Waals surface area contributed by atoms with Crippen LogP contribution in [0, 0.1) is 37.7 Å². The molecule has 0 aromatic rings. The molecule has 2 fully saturated rings. The van der Waals surface area contributed by atoms with E-state index < -0.39 is 0 Å². The summed E-state index contributed by atoms with van der Waals surface area (Å²) in [4.78, 5) is 8.92. The third kappa shape index (κ3) is 5.31. The van der Waals surface area contributed by atoms with Crippen LogP contribution < -0.4 is 0 Å². The van der Waals surface area contributed by atoms with Crippen molar-refractivity contribution in [3.05, 3.63) is 0 Å². The van der Waals surface area contributed by atoms with E-state index in [2.05, 4.69) is 16.0 Å². The average molecular weight is 246 g/mol. The predicted octanol–water partition coefficient (Wildman–Crippen LogP) is 3.83. The zero-order valence-corrected chi connectivity index (χ0v) is 10.7. The van der Waals surface area contributed by atoms with Crippen molar-refractivity contribution < 1.29 is 37.7 Å². The minimum absolute atomic E-state index is 0. The first-order valence-electron chi connectivity index (χ1n) is 6.60. The van der Waals surface area contributed by atoms with E-state index in [-0.39, 0.29) is 37.7 Å². The molecule has 0 bridgehead atoms. The molecule has 3 heteroatoms. The Morgan fingerprint density at radius 3 is 1.38 bits per heavy atom. The molecule has 2 aliphatic rings. The topological polar surface area (TPSA) is 24.7 Å². The zero-order valence-electron chi connectivity index (χ0n) is 9.97. The van der Waals surface area contributed by atoms with Gasteiger partial charge in [0.05, 0.1) is 18.1 Å². The molecule has 0 aliphatic heterocycles. The van der Waals surface area contributed by atoms with Crippen LogP contribution in [0.4, 0.5) is 0 Å². The Hall–Kier alpha value is 0.640. The van der Waals surface area contributed by atoms with Crippen LogP contribution in [0.25, 0.3) is 0 Å². The van der Waals surface area contributed by atoms with E-state index in [1.165, 1.54) is 64.2 Å². The van der Waals surface area contributed by atoms with Crippen LogP contribution in [0.15, 0.2) is 9.98 Å². The SMILES string of the molecule is C(=NC1CCCCC1)=NC1CCCCC1.[Ar]. The van der Waals surface area contributed by atoms with Crippen molar-refractivity contribution in [2.75, 3.05) is 0 Å². The summed E-state index contributed by atoms with van der Waals surface area (Å²) in [6.45, 7) is 0. The second-order valence-corrected chi connectivity index (χ2v) is 4.94. The normalized spacial score (nSPS) is 23.0. The van der Waals surface area contributed by atoms with Crippen molar-refractivity contribution >= 4 is 6.01 Å². The van der Waals surface area contributed by atoms with Crippen LogP contribution in [0.2, 0.25) is 0 Å². The first-order chi connectivity index (χ1) is 7.45. The predicted molar refractivity (Wildman–Crippen MR) is 63.6 cm³/mol. The van der Waals surface area contributed by atoms with Gasteiger partial charge in [-0.25, -0.2) is 9.98 Å². The number of aliphatic imine (C=N–C) groups is 2. The molecular weight excluding hydrogens is 224 g/mol. The molecule has 2 aliphatic carbocycles. The summed E-state index contributed by atoms with van der Waals surface area (Å²) in [6, 6.07) is 4.04. The molecular formula is C13H22ArN2. The fourth-order valence-electron chi connectivity index (χ4n) is 2.62. The standard InChI is InChI=1S/C13H22N2.Ar/c1-3-7-12(8-4-1)14-11-15-13-9-5-2-6-10-13;/h12-13H,1-10H2;. The summed E-state index contributed by atoms with van der Waals surface area (Å²) in [7, 11) is 0. The Bertz CT molecular complexity index is 212. The molecule has 2 saturated carbocycles. The Balaban J connectivity index is 0.00000128. The van der Waals surface area contributed by atoms with Crippen LogP contribution in [0.1, 0.15) is 64.2 Å². The van der Waals surface area contributed by atoms with Gasteiger partial charge in [0, 0.05) is 37.7 Å². The van der Waals surface area contributed by atoms with E-state index in [4.69, 9.17) is 0 Å². The monoisotopic (exact) mass is 246 g/mol. The van der Waals surface area contributed by atoms with E-state index in [0.717, 1.165) is 0 Å². The first-order valence-corrected chi connectivity index (χ1v) is 6.60. The second kappa shape index (κ2) is 8.69. The van der Waals surface area contributed by atoms with Crippen LogP contribution >= 0.6 is 0 Å². The van der Waals surface area contributed by atoms with E-state index in [1.54, 1.807) is 0 Å². The van der Waals surface area contributed by atoms with Crippen molar-refractivity contribution in [3.63, 3.8) is 0 Å². The maximum Gasteiger partial charge on any atom is 0.0898 e. The van der Waals surface area contributed by atoms with Gasteiger partial charge in [0.1, 0.15) is 0 Å². The van der Waals surface area contributed by atoms with Crippen LogP contribution in [0.5, 0.6) is 0 Å². The Morgan fingerprint density at radius 2 is 1.00 bits per heavy atom. The van der Waals surface area contributed by atoms with Gasteiger partial charge >= 0.3 is 0 Å². The summed E-state index contributed by atoms with van der Waals surface area (Å²) in [5, 5.41) is 0. The van der Waals surface area contributed by atoms with E-state index >= 15 is 0 Å². The fraction of sp³-hybridized carbons (Fsp3) is 0.923. The molecule has 0 aromatic heterocycles. The van der Waals surface area contributed by atoms with Crippen LogP contribution in [-0.4, -0.2) is 18.1 Å². The fourth-order valence-corrected chi connectivity index (χ4v) is 2.62. The largest absolute Gasteiger partial charge is 0.222 e. The average Bonchev–Trinajstić information content (AvgIpc) is 2.32. The Kier molecular flexibility index (Phi) is 7.98. The van der Waals surface area contributed by atoms with Gasteiger partial charge in [-0.05, 0) is 25.7 Å². The van der Waals surface area contributed by atoms with Gasteiger partial charge in [-0.15, -0.1) is 0 Å². The van der Waals surface area contributed by atoms with Crippen molar-refractivity contribution in [1.82, 2.24) is 0 Å². The van der Waals surface area contributed by atoms with Crippen molar-refractivity contribution in [1.29, 1.82) is 0 Å². The second-order valence-electron chi connectivity index (χ2n) is 4.94. The number of hydrogen-bond acceptors (Lipinski definition) is 2. The van der Waals surface area contributed by atoms with Crippen LogP contribution in [-0.2, 0) is 0 Å². The van der Waals surface area contributed by atoms with Gasteiger partial charge in [0.2, 0.25) is 0 Å². The summed E-state index contributed by atoms with van der Waals surface area (Å²) in [6.07, 6.45) is 13.2. The minimum atomic E-state index is 0. The van der Waals surface area contributed by atoms with E-state index in [0.29, 0.717) is 12.1 Å². The molecule has 0 spiro atoms. The first kappa shape index (κ1) is 14.7. The quantitative estimate of drug-likeness (QED) is 0.662. The molecule has 0 radical (unpaired) electrons. The molecule has 0 atom stereocenters. The van der Waals surface area contributed by atoms with Gasteiger partial charge < -0.3 is 0 Å². The molecule has 0 amide bonds. The Labute approximate surface area is 129 Å². The molecule has 0 N–H and O–H groups in total. The van der Waals surface area contributed by atoms with E-state index in [1.807, 2.05) is 0 Å². The molecule has 2 nitrogen and oxygen atoms in total. The molecule has 16 heavy (non-hydrogen) atoms. The summed E-state index contributed by atoms with van der Waals surface area (Å²) < 4.78 is 0. The van der Waals surface area contributed by atoms with Crippen molar-refractivity contribution in [2.24, 2.45) is 9.98 Å². The summed E-state index contributed by atoms with van der Waals surface area (Å²) in [5.74, 6) is 0. The van der Waals surface area contributed by atoms with Crippen molar-refractivity contribution in [3.8, 4) is 0 Å². The van der Waals surface area contributed by atoms with Gasteiger partial charge in [0.25, 0.3) is 0 Å². The smallest absolute Gasteiger partial charge is 0.0898 e. The maximum atomic E-state index is 4.46. The minimum Gasteiger partial charge on any atom is -0.222 e. The van der Waals surface area contributed by atoms with E-state index in [9.17, 15) is 0 Å². The number of rotatable bonds is 2. The third-order valence-electron chi connectivity index (χ3n) is 3.63. The third-order valence-corrected chi connectivity index (χ3v) is 3.63. The maximum absolute atomic E-state index is 4.46. The van der Waals surface area contributed by atoms with Gasteiger partial charge in [-0.3, -0.25) is 0 Å². The van der Waals surface area contributed by atoms with Crippen molar-refractivity contribution in [2.45, 2.75) is 76.3 Å². The molecule has 0 saturated heterocycles. The van der Waals surface area contributed by atoms with Crippen LogP contribution in [0.3, 0.4) is 0 Å². The Morgan fingerprint density at radius 1 is 0.625 bits per heavy atom. The number of nitrogens with zero attached hydrogens (tertiary/aromatic N) is 2. The summed E-state index contributed by atoms with van der Waals surface area (Å²) in [5.41, 5.74) is 0. The molecule has 92 valence electrons. The zero-order chi connectivity index (χ0) is 10.3. The number of hydrogen-bond donors (Lipinski definition) is 0.